The van der Waals surface area contributed by atoms with E-state index in [-0.39, 0.29) is 0 Å². The lowest BCUT2D eigenvalue weighted by Crippen LogP contribution is -2.51. The number of aliphatic hydroxyl groups excluding tert-OH is 1. The smallest absolute Gasteiger partial charge is 0.281 e. The maximum atomic E-state index is 11.3. The van der Waals surface area contributed by atoms with Crippen LogP contribution in [0.15, 0.2) is 0 Å². The highest BCUT2D eigenvalue weighted by atomic mass is 32.2. The van der Waals surface area contributed by atoms with Crippen LogP contribution >= 0.6 is 0 Å². The average Bonchev–Trinajstić information content (AvgIpc) is 2.05. The van der Waals surface area contributed by atoms with E-state index >= 15 is 0 Å². The van der Waals surface area contributed by atoms with Gasteiger partial charge in [-0.2, -0.15) is 17.4 Å². The number of hydrogen-bond acceptors (Lipinski definition) is 4. The molecule has 0 bridgehead atoms. The molecular weight excluding hydrogens is 194 g/mol. The van der Waals surface area contributed by atoms with Crippen molar-refractivity contribution in [2.45, 2.75) is 0 Å². The van der Waals surface area contributed by atoms with Crippen LogP contribution in [-0.2, 0) is 10.2 Å². The molecule has 1 saturated heterocycles. The van der Waals surface area contributed by atoms with Crippen molar-refractivity contribution >= 4 is 10.2 Å². The lowest BCUT2D eigenvalue weighted by molar-refractivity contribution is 0.216. The van der Waals surface area contributed by atoms with Gasteiger partial charge in [0.2, 0.25) is 0 Å². The van der Waals surface area contributed by atoms with Gasteiger partial charge in [0.1, 0.15) is 6.73 Å². The van der Waals surface area contributed by atoms with Gasteiger partial charge in [-0.3, -0.25) is 0 Å². The SMILES string of the molecule is CN1CCN(S(=O)(=O)NCO)CC1. The summed E-state index contributed by atoms with van der Waals surface area (Å²) in [5.74, 6) is 0. The molecule has 0 radical (unpaired) electrons. The Hall–Kier alpha value is -0.210. The first-order chi connectivity index (χ1) is 6.06. The van der Waals surface area contributed by atoms with E-state index in [4.69, 9.17) is 5.11 Å². The topological polar surface area (TPSA) is 72.9 Å². The van der Waals surface area contributed by atoms with Crippen LogP contribution in [-0.4, -0.2) is 62.7 Å². The van der Waals surface area contributed by atoms with Gasteiger partial charge in [-0.15, -0.1) is 0 Å². The highest BCUT2D eigenvalue weighted by Gasteiger charge is 2.24. The quantitative estimate of drug-likeness (QED) is 0.528. The minimum atomic E-state index is -3.45. The van der Waals surface area contributed by atoms with E-state index < -0.39 is 16.9 Å². The fourth-order valence-electron chi connectivity index (χ4n) is 1.20. The molecule has 1 rings (SSSR count). The molecule has 78 valence electrons. The Morgan fingerprint density at radius 2 is 1.85 bits per heavy atom. The molecule has 0 aliphatic carbocycles. The Balaban J connectivity index is 2.53. The second-order valence-electron chi connectivity index (χ2n) is 3.01. The third kappa shape index (κ3) is 2.89. The van der Waals surface area contributed by atoms with Crippen molar-refractivity contribution in [3.8, 4) is 0 Å². The predicted molar refractivity (Wildman–Crippen MR) is 48.2 cm³/mol. The molecule has 0 aromatic carbocycles. The first-order valence-corrected chi connectivity index (χ1v) is 5.54. The molecule has 0 atom stereocenters. The standard InChI is InChI=1S/C6H15N3O3S/c1-8-2-4-9(5-3-8)13(11,12)7-6-10/h7,10H,2-6H2,1H3. The molecule has 1 heterocycles. The number of piperazine rings is 1. The zero-order valence-corrected chi connectivity index (χ0v) is 8.42. The van der Waals surface area contributed by atoms with Crippen LogP contribution in [0, 0.1) is 0 Å². The summed E-state index contributed by atoms with van der Waals surface area (Å²) >= 11 is 0. The Morgan fingerprint density at radius 3 is 2.31 bits per heavy atom. The molecular formula is C6H15N3O3S. The van der Waals surface area contributed by atoms with Gasteiger partial charge < -0.3 is 10.0 Å². The summed E-state index contributed by atoms with van der Waals surface area (Å²) < 4.78 is 26.0. The second kappa shape index (κ2) is 4.34. The fraction of sp³-hybridized carbons (Fsp3) is 1.00. The van der Waals surface area contributed by atoms with E-state index in [9.17, 15) is 8.42 Å². The fourth-order valence-corrected chi connectivity index (χ4v) is 2.19. The maximum absolute atomic E-state index is 11.3. The first-order valence-electron chi connectivity index (χ1n) is 4.10. The summed E-state index contributed by atoms with van der Waals surface area (Å²) in [6.45, 7) is 1.87. The second-order valence-corrected chi connectivity index (χ2v) is 4.77. The van der Waals surface area contributed by atoms with Gasteiger partial charge in [-0.05, 0) is 7.05 Å². The van der Waals surface area contributed by atoms with Crippen molar-refractivity contribution < 1.29 is 13.5 Å². The van der Waals surface area contributed by atoms with Crippen molar-refractivity contribution in [1.82, 2.24) is 13.9 Å². The van der Waals surface area contributed by atoms with E-state index in [0.29, 0.717) is 13.1 Å². The Kier molecular flexibility index (Phi) is 3.63. The van der Waals surface area contributed by atoms with Gasteiger partial charge in [-0.1, -0.05) is 0 Å². The summed E-state index contributed by atoms with van der Waals surface area (Å²) in [5, 5.41) is 8.46. The zero-order chi connectivity index (χ0) is 9.90. The summed E-state index contributed by atoms with van der Waals surface area (Å²) in [4.78, 5) is 2.06. The zero-order valence-electron chi connectivity index (χ0n) is 7.60. The number of likely N-dealkylation sites (N-methyl/N-ethyl adjacent to an activating group) is 1. The number of aliphatic hydroxyl groups is 1. The van der Waals surface area contributed by atoms with Crippen LogP contribution in [0.5, 0.6) is 0 Å². The molecule has 0 aromatic rings. The van der Waals surface area contributed by atoms with Crippen molar-refractivity contribution in [1.29, 1.82) is 0 Å². The molecule has 2 N–H and O–H groups in total. The van der Waals surface area contributed by atoms with Crippen molar-refractivity contribution in [3.63, 3.8) is 0 Å². The predicted octanol–water partition coefficient (Wildman–Crippen LogP) is -1.98. The van der Waals surface area contributed by atoms with Crippen LogP contribution in [0.1, 0.15) is 0 Å². The third-order valence-corrected chi connectivity index (χ3v) is 3.59. The average molecular weight is 209 g/mol. The molecule has 6 nitrogen and oxygen atoms in total. The Morgan fingerprint density at radius 1 is 1.31 bits per heavy atom. The van der Waals surface area contributed by atoms with E-state index in [0.717, 1.165) is 13.1 Å². The third-order valence-electron chi connectivity index (χ3n) is 2.05. The summed E-state index contributed by atoms with van der Waals surface area (Å²) in [6.07, 6.45) is 0. The van der Waals surface area contributed by atoms with Gasteiger partial charge in [0.25, 0.3) is 10.2 Å². The monoisotopic (exact) mass is 209 g/mol. The highest BCUT2D eigenvalue weighted by Crippen LogP contribution is 2.03. The molecule has 1 aliphatic rings. The van der Waals surface area contributed by atoms with E-state index in [1.807, 2.05) is 11.8 Å². The minimum Gasteiger partial charge on any atom is -0.380 e. The van der Waals surface area contributed by atoms with Gasteiger partial charge in [-0.25, -0.2) is 0 Å². The number of hydrogen-bond donors (Lipinski definition) is 2. The van der Waals surface area contributed by atoms with E-state index in [2.05, 4.69) is 4.90 Å². The van der Waals surface area contributed by atoms with Gasteiger partial charge in [0, 0.05) is 26.2 Å². The van der Waals surface area contributed by atoms with Crippen LogP contribution in [0.25, 0.3) is 0 Å². The normalized spacial score (nSPS) is 22.0. The van der Waals surface area contributed by atoms with Gasteiger partial charge in [0.05, 0.1) is 0 Å². The number of rotatable bonds is 3. The molecule has 0 unspecified atom stereocenters. The summed E-state index contributed by atoms with van der Waals surface area (Å²) in [7, 11) is -1.50. The number of nitrogens with zero attached hydrogens (tertiary/aromatic N) is 2. The van der Waals surface area contributed by atoms with Crippen molar-refractivity contribution in [2.75, 3.05) is 40.0 Å². The van der Waals surface area contributed by atoms with Crippen molar-refractivity contribution in [3.05, 3.63) is 0 Å². The minimum absolute atomic E-state index is 0.478. The molecule has 1 aliphatic heterocycles. The van der Waals surface area contributed by atoms with Gasteiger partial charge in [0.15, 0.2) is 0 Å². The molecule has 7 heteroatoms. The van der Waals surface area contributed by atoms with E-state index in [1.54, 1.807) is 0 Å². The Bertz CT molecular complexity index is 246. The van der Waals surface area contributed by atoms with Crippen LogP contribution in [0.4, 0.5) is 0 Å². The van der Waals surface area contributed by atoms with Crippen LogP contribution in [0.3, 0.4) is 0 Å². The van der Waals surface area contributed by atoms with Crippen LogP contribution < -0.4 is 4.72 Å². The van der Waals surface area contributed by atoms with Crippen LogP contribution in [0.2, 0.25) is 0 Å². The summed E-state index contributed by atoms with van der Waals surface area (Å²) in [5.41, 5.74) is 0. The molecule has 0 amide bonds. The molecule has 0 aromatic heterocycles. The van der Waals surface area contributed by atoms with Gasteiger partial charge >= 0.3 is 0 Å². The molecule has 1 fully saturated rings. The lowest BCUT2D eigenvalue weighted by atomic mass is 10.4. The van der Waals surface area contributed by atoms with Crippen molar-refractivity contribution in [2.24, 2.45) is 0 Å². The number of nitrogens with one attached hydrogen (secondary N) is 1. The molecule has 0 spiro atoms. The van der Waals surface area contributed by atoms with E-state index in [1.165, 1.54) is 4.31 Å². The maximum Gasteiger partial charge on any atom is 0.281 e. The highest BCUT2D eigenvalue weighted by molar-refractivity contribution is 7.87. The largest absolute Gasteiger partial charge is 0.380 e. The lowest BCUT2D eigenvalue weighted by Gasteiger charge is -2.31. The molecule has 13 heavy (non-hydrogen) atoms. The Labute approximate surface area is 78.3 Å². The summed E-state index contributed by atoms with van der Waals surface area (Å²) in [6, 6.07) is 0. The molecule has 0 saturated carbocycles. The first kappa shape index (κ1) is 10.9.